The molecule has 1 aromatic heterocycles. The molecule has 2 amide bonds. The molecule has 2 rings (SSSR count). The fourth-order valence-corrected chi connectivity index (χ4v) is 2.01. The fourth-order valence-electron chi connectivity index (χ4n) is 1.82. The van der Waals surface area contributed by atoms with Crippen molar-refractivity contribution in [2.45, 2.75) is 26.7 Å². The molecule has 5 nitrogen and oxygen atoms in total. The van der Waals surface area contributed by atoms with Crippen molar-refractivity contribution in [3.63, 3.8) is 0 Å². The Labute approximate surface area is 128 Å². The van der Waals surface area contributed by atoms with Crippen molar-refractivity contribution >= 4 is 29.3 Å². The number of hydrogen-bond acceptors (Lipinski definition) is 3. The summed E-state index contributed by atoms with van der Waals surface area (Å²) in [6.07, 6.45) is 3.37. The van der Waals surface area contributed by atoms with Crippen molar-refractivity contribution in [2.24, 2.45) is 0 Å². The molecule has 112 valence electrons. The summed E-state index contributed by atoms with van der Waals surface area (Å²) in [5.41, 5.74) is 1.37. The van der Waals surface area contributed by atoms with Crippen LogP contribution in [0.15, 0.2) is 34.9 Å². The van der Waals surface area contributed by atoms with E-state index >= 15 is 0 Å². The fraction of sp³-hybridized carbons (Fsp3) is 0.333. The second-order valence-corrected chi connectivity index (χ2v) is 5.15. The van der Waals surface area contributed by atoms with Crippen LogP contribution in [-0.4, -0.2) is 17.6 Å². The number of unbranched alkanes of at least 4 members (excludes halogenated alkanes) is 1. The van der Waals surface area contributed by atoms with Crippen LogP contribution in [0.4, 0.5) is 16.5 Å². The monoisotopic (exact) mass is 307 g/mol. The van der Waals surface area contributed by atoms with E-state index in [0.29, 0.717) is 23.3 Å². The molecule has 0 atom stereocenters. The molecule has 0 saturated carbocycles. The van der Waals surface area contributed by atoms with Crippen LogP contribution in [0.3, 0.4) is 0 Å². The Hall–Kier alpha value is -2.01. The number of aryl methyl sites for hydroxylation is 1. The van der Waals surface area contributed by atoms with Gasteiger partial charge in [-0.15, -0.1) is 0 Å². The van der Waals surface area contributed by atoms with E-state index in [9.17, 15) is 4.79 Å². The molecule has 0 saturated heterocycles. The van der Waals surface area contributed by atoms with Crippen molar-refractivity contribution in [3.8, 4) is 0 Å². The van der Waals surface area contributed by atoms with Gasteiger partial charge in [-0.3, -0.25) is 0 Å². The number of oxazole rings is 1. The molecule has 0 aliphatic carbocycles. The van der Waals surface area contributed by atoms with E-state index in [2.05, 4.69) is 17.2 Å². The third-order valence-corrected chi connectivity index (χ3v) is 3.13. The second kappa shape index (κ2) is 7.13. The molecule has 0 aliphatic rings. The van der Waals surface area contributed by atoms with Crippen molar-refractivity contribution in [1.82, 2.24) is 4.98 Å². The minimum absolute atomic E-state index is 0.285. The molecule has 2 aromatic rings. The van der Waals surface area contributed by atoms with Gasteiger partial charge in [0, 0.05) is 17.3 Å². The summed E-state index contributed by atoms with van der Waals surface area (Å²) in [4.78, 5) is 18.1. The van der Waals surface area contributed by atoms with Gasteiger partial charge in [-0.1, -0.05) is 31.0 Å². The quantitative estimate of drug-likeness (QED) is 0.886. The van der Waals surface area contributed by atoms with Crippen molar-refractivity contribution in [3.05, 3.63) is 41.2 Å². The average molecular weight is 308 g/mol. The SMILES string of the molecule is CCCCN(C(=O)Nc1cccc(Cl)c1)c1nc(C)co1. The predicted octanol–water partition coefficient (Wildman–Crippen LogP) is 4.48. The summed E-state index contributed by atoms with van der Waals surface area (Å²) < 4.78 is 5.33. The van der Waals surface area contributed by atoms with Gasteiger partial charge in [-0.25, -0.2) is 9.69 Å². The number of nitrogens with one attached hydrogen (secondary N) is 1. The van der Waals surface area contributed by atoms with E-state index in [-0.39, 0.29) is 6.03 Å². The lowest BCUT2D eigenvalue weighted by atomic mass is 10.3. The van der Waals surface area contributed by atoms with Gasteiger partial charge in [-0.2, -0.15) is 4.98 Å². The van der Waals surface area contributed by atoms with Crippen LogP contribution in [0.1, 0.15) is 25.5 Å². The Morgan fingerprint density at radius 1 is 1.48 bits per heavy atom. The summed E-state index contributed by atoms with van der Waals surface area (Å²) in [5, 5.41) is 3.37. The molecule has 6 heteroatoms. The van der Waals surface area contributed by atoms with Crippen LogP contribution in [0.25, 0.3) is 0 Å². The van der Waals surface area contributed by atoms with Crippen molar-refractivity contribution in [1.29, 1.82) is 0 Å². The van der Waals surface area contributed by atoms with E-state index < -0.39 is 0 Å². The topological polar surface area (TPSA) is 58.4 Å². The summed E-state index contributed by atoms with van der Waals surface area (Å²) in [5.74, 6) is 0. The molecule has 0 unspecified atom stereocenters. The molecule has 0 aliphatic heterocycles. The molecular formula is C15H18ClN3O2. The Morgan fingerprint density at radius 3 is 2.90 bits per heavy atom. The molecule has 0 fully saturated rings. The normalized spacial score (nSPS) is 10.4. The van der Waals surface area contributed by atoms with Crippen molar-refractivity contribution < 1.29 is 9.21 Å². The first-order valence-corrected chi connectivity index (χ1v) is 7.24. The van der Waals surface area contributed by atoms with Crippen LogP contribution < -0.4 is 10.2 Å². The van der Waals surface area contributed by atoms with Gasteiger partial charge in [0.1, 0.15) is 6.26 Å². The second-order valence-electron chi connectivity index (χ2n) is 4.72. The van der Waals surface area contributed by atoms with Crippen molar-refractivity contribution in [2.75, 3.05) is 16.8 Å². The van der Waals surface area contributed by atoms with Gasteiger partial charge in [-0.05, 0) is 31.5 Å². The highest BCUT2D eigenvalue weighted by atomic mass is 35.5. The summed E-state index contributed by atoms with van der Waals surface area (Å²) in [6, 6.07) is 7.03. The average Bonchev–Trinajstić information content (AvgIpc) is 2.85. The highest BCUT2D eigenvalue weighted by molar-refractivity contribution is 6.30. The van der Waals surface area contributed by atoms with Crippen LogP contribution in [-0.2, 0) is 0 Å². The number of aromatic nitrogens is 1. The smallest absolute Gasteiger partial charge is 0.329 e. The Balaban J connectivity index is 2.14. The molecule has 0 spiro atoms. The lowest BCUT2D eigenvalue weighted by Crippen LogP contribution is -2.36. The molecule has 1 aromatic carbocycles. The maximum absolute atomic E-state index is 12.4. The highest BCUT2D eigenvalue weighted by Gasteiger charge is 2.20. The van der Waals surface area contributed by atoms with Crippen LogP contribution in [0.5, 0.6) is 0 Å². The number of carbonyl (C=O) groups is 1. The first-order valence-electron chi connectivity index (χ1n) is 6.86. The van der Waals surface area contributed by atoms with E-state index in [1.54, 1.807) is 24.3 Å². The summed E-state index contributed by atoms with van der Waals surface area (Å²) in [6.45, 7) is 4.43. The Morgan fingerprint density at radius 2 is 2.29 bits per heavy atom. The minimum atomic E-state index is -0.285. The number of rotatable bonds is 5. The first-order chi connectivity index (χ1) is 10.1. The third kappa shape index (κ3) is 4.23. The van der Waals surface area contributed by atoms with Gasteiger partial charge in [0.25, 0.3) is 0 Å². The van der Waals surface area contributed by atoms with E-state index in [1.165, 1.54) is 11.2 Å². The van der Waals surface area contributed by atoms with E-state index in [4.69, 9.17) is 16.0 Å². The number of nitrogens with zero attached hydrogens (tertiary/aromatic N) is 2. The lowest BCUT2D eigenvalue weighted by molar-refractivity contribution is 0.255. The van der Waals surface area contributed by atoms with Gasteiger partial charge in [0.05, 0.1) is 5.69 Å². The van der Waals surface area contributed by atoms with Gasteiger partial charge >= 0.3 is 12.0 Å². The minimum Gasteiger partial charge on any atom is -0.431 e. The maximum atomic E-state index is 12.4. The zero-order valence-corrected chi connectivity index (χ0v) is 12.9. The summed E-state index contributed by atoms with van der Waals surface area (Å²) in [7, 11) is 0. The standard InChI is InChI=1S/C15H18ClN3O2/c1-3-4-8-19(15-17-11(2)10-21-15)14(20)18-13-7-5-6-12(16)9-13/h5-7,9-10H,3-4,8H2,1-2H3,(H,18,20). The first kappa shape index (κ1) is 15.4. The number of halogens is 1. The molecule has 0 bridgehead atoms. The number of benzene rings is 1. The zero-order valence-electron chi connectivity index (χ0n) is 12.1. The molecule has 0 radical (unpaired) electrons. The predicted molar refractivity (Wildman–Crippen MR) is 84.0 cm³/mol. The maximum Gasteiger partial charge on any atom is 0.329 e. The number of anilines is 2. The highest BCUT2D eigenvalue weighted by Crippen LogP contribution is 2.18. The molecule has 1 heterocycles. The van der Waals surface area contributed by atoms with Gasteiger partial charge in [0.2, 0.25) is 0 Å². The van der Waals surface area contributed by atoms with Crippen LogP contribution >= 0.6 is 11.6 Å². The molecular weight excluding hydrogens is 290 g/mol. The van der Waals surface area contributed by atoms with Crippen LogP contribution in [0, 0.1) is 6.92 Å². The third-order valence-electron chi connectivity index (χ3n) is 2.89. The van der Waals surface area contributed by atoms with Gasteiger partial charge in [0.15, 0.2) is 0 Å². The molecule has 1 N–H and O–H groups in total. The summed E-state index contributed by atoms with van der Waals surface area (Å²) >= 11 is 5.92. The number of hydrogen-bond donors (Lipinski definition) is 1. The Bertz CT molecular complexity index is 612. The number of amides is 2. The zero-order chi connectivity index (χ0) is 15.2. The number of urea groups is 1. The molecule has 21 heavy (non-hydrogen) atoms. The van der Waals surface area contributed by atoms with Gasteiger partial charge < -0.3 is 9.73 Å². The van der Waals surface area contributed by atoms with E-state index in [0.717, 1.165) is 18.5 Å². The number of carbonyl (C=O) groups excluding carboxylic acids is 1. The lowest BCUT2D eigenvalue weighted by Gasteiger charge is -2.19. The largest absolute Gasteiger partial charge is 0.431 e. The van der Waals surface area contributed by atoms with Crippen LogP contribution in [0.2, 0.25) is 5.02 Å². The van der Waals surface area contributed by atoms with E-state index in [1.807, 2.05) is 6.92 Å². The Kier molecular flexibility index (Phi) is 5.22.